The maximum Gasteiger partial charge on any atom is 0.306 e. The average molecular weight is 1020 g/mol. The summed E-state index contributed by atoms with van der Waals surface area (Å²) in [6.45, 7) is 6.46. The number of hydrogen-bond acceptors (Lipinski definition) is 6. The number of unbranched alkanes of at least 4 members (excludes halogenated alkanes) is 31. The third-order valence-corrected chi connectivity index (χ3v) is 13.4. The third-order valence-electron chi connectivity index (χ3n) is 13.4. The normalized spacial score (nSPS) is 12.6. The molecule has 0 aliphatic heterocycles. The summed E-state index contributed by atoms with van der Waals surface area (Å²) in [4.78, 5) is 38.2. The first-order valence-corrected chi connectivity index (χ1v) is 31.1. The summed E-state index contributed by atoms with van der Waals surface area (Å²) in [6, 6.07) is 0. The lowest BCUT2D eigenvalue weighted by Gasteiger charge is -2.18. The van der Waals surface area contributed by atoms with Crippen LogP contribution in [0.1, 0.15) is 303 Å². The van der Waals surface area contributed by atoms with Gasteiger partial charge in [-0.1, -0.05) is 286 Å². The van der Waals surface area contributed by atoms with Crippen LogP contribution >= 0.6 is 0 Å². The number of esters is 3. The zero-order valence-corrected chi connectivity index (χ0v) is 48.1. The summed E-state index contributed by atoms with van der Waals surface area (Å²) in [6.07, 6.45) is 80.3. The fourth-order valence-electron chi connectivity index (χ4n) is 8.73. The smallest absolute Gasteiger partial charge is 0.306 e. The molecule has 73 heavy (non-hydrogen) atoms. The van der Waals surface area contributed by atoms with Gasteiger partial charge in [0.25, 0.3) is 0 Å². The van der Waals surface area contributed by atoms with E-state index in [2.05, 4.69) is 106 Å². The molecular weight excluding hydrogens is 901 g/mol. The molecule has 0 aliphatic rings. The van der Waals surface area contributed by atoms with Gasteiger partial charge in [0.2, 0.25) is 0 Å². The summed E-state index contributed by atoms with van der Waals surface area (Å²) in [5, 5.41) is 0. The van der Waals surface area contributed by atoms with Gasteiger partial charge in [-0.3, -0.25) is 14.4 Å². The molecule has 0 spiro atoms. The number of carbonyl (C=O) groups excluding carboxylic acids is 3. The van der Waals surface area contributed by atoms with E-state index in [1.165, 1.54) is 154 Å². The van der Waals surface area contributed by atoms with E-state index in [9.17, 15) is 14.4 Å². The summed E-state index contributed by atoms with van der Waals surface area (Å²) >= 11 is 0. The summed E-state index contributed by atoms with van der Waals surface area (Å²) < 4.78 is 16.8. The highest BCUT2D eigenvalue weighted by molar-refractivity contribution is 5.71. The van der Waals surface area contributed by atoms with Crippen LogP contribution in [0.3, 0.4) is 0 Å². The van der Waals surface area contributed by atoms with Crippen molar-refractivity contribution in [2.45, 2.75) is 309 Å². The van der Waals surface area contributed by atoms with Crippen LogP contribution in [0.2, 0.25) is 0 Å². The largest absolute Gasteiger partial charge is 0.462 e. The standard InChI is InChI=1S/C67H116O6/c1-4-7-10-13-16-19-22-25-28-30-31-32-33-34-35-36-38-39-42-45-48-51-54-57-60-66(69)72-63-64(62-71-65(68)59-56-53-50-47-44-41-27-24-21-18-15-12-9-6-3)73-67(70)61-58-55-52-49-46-43-40-37-29-26-23-20-17-14-11-8-5-2/h8,11,15,17-18,20,24,26-27,29,40,43,49,52,64H,4-7,9-10,12-14,16,19,21-23,25,28,30-39,41-42,44-48,50-51,53-63H2,1-3H3/b11-8-,18-15-,20-17-,27-24-,29-26-,43-40-,52-49-. The average Bonchev–Trinajstić information content (AvgIpc) is 3.39. The molecule has 0 saturated carbocycles. The van der Waals surface area contributed by atoms with Gasteiger partial charge in [-0.15, -0.1) is 0 Å². The minimum atomic E-state index is -0.812. The minimum Gasteiger partial charge on any atom is -0.462 e. The molecule has 0 amide bonds. The third kappa shape index (κ3) is 59.3. The first-order valence-electron chi connectivity index (χ1n) is 31.1. The summed E-state index contributed by atoms with van der Waals surface area (Å²) in [7, 11) is 0. The van der Waals surface area contributed by atoms with Crippen molar-refractivity contribution < 1.29 is 28.6 Å². The monoisotopic (exact) mass is 1020 g/mol. The van der Waals surface area contributed by atoms with Gasteiger partial charge in [0, 0.05) is 19.3 Å². The molecule has 1 unspecified atom stereocenters. The Hall–Kier alpha value is -3.41. The lowest BCUT2D eigenvalue weighted by Crippen LogP contribution is -2.30. The van der Waals surface area contributed by atoms with Crippen LogP contribution < -0.4 is 0 Å². The van der Waals surface area contributed by atoms with Crippen LogP contribution in [0.4, 0.5) is 0 Å². The van der Waals surface area contributed by atoms with Gasteiger partial charge in [0.1, 0.15) is 13.2 Å². The second-order valence-electron chi connectivity index (χ2n) is 20.6. The maximum absolute atomic E-state index is 12.9. The number of carbonyl (C=O) groups is 3. The fraction of sp³-hybridized carbons (Fsp3) is 0.746. The van der Waals surface area contributed by atoms with E-state index >= 15 is 0 Å². The van der Waals surface area contributed by atoms with E-state index < -0.39 is 6.10 Å². The van der Waals surface area contributed by atoms with E-state index in [1.807, 2.05) is 0 Å². The quantitative estimate of drug-likeness (QED) is 0.0261. The predicted octanol–water partition coefficient (Wildman–Crippen LogP) is 21.1. The molecule has 0 heterocycles. The molecule has 1 atom stereocenters. The zero-order chi connectivity index (χ0) is 52.9. The Kier molecular flexibility index (Phi) is 58.3. The van der Waals surface area contributed by atoms with Crippen molar-refractivity contribution >= 4 is 17.9 Å². The molecule has 0 fully saturated rings. The van der Waals surface area contributed by atoms with Crippen LogP contribution in [0, 0.1) is 0 Å². The molecule has 0 aromatic rings. The van der Waals surface area contributed by atoms with Crippen LogP contribution in [-0.4, -0.2) is 37.2 Å². The van der Waals surface area contributed by atoms with Crippen LogP contribution in [0.5, 0.6) is 0 Å². The Labute approximate surface area is 452 Å². The highest BCUT2D eigenvalue weighted by Gasteiger charge is 2.19. The molecule has 6 nitrogen and oxygen atoms in total. The van der Waals surface area contributed by atoms with Crippen molar-refractivity contribution in [1.82, 2.24) is 0 Å². The first kappa shape index (κ1) is 69.6. The van der Waals surface area contributed by atoms with E-state index in [1.54, 1.807) is 0 Å². The zero-order valence-electron chi connectivity index (χ0n) is 48.1. The van der Waals surface area contributed by atoms with Gasteiger partial charge in [-0.25, -0.2) is 0 Å². The van der Waals surface area contributed by atoms with E-state index in [-0.39, 0.29) is 37.5 Å². The second-order valence-corrected chi connectivity index (χ2v) is 20.6. The Morgan fingerprint density at radius 3 is 0.918 bits per heavy atom. The maximum atomic E-state index is 12.9. The van der Waals surface area contributed by atoms with Crippen molar-refractivity contribution in [3.8, 4) is 0 Å². The van der Waals surface area contributed by atoms with Gasteiger partial charge in [-0.2, -0.15) is 0 Å². The van der Waals surface area contributed by atoms with E-state index in [0.29, 0.717) is 19.3 Å². The van der Waals surface area contributed by atoms with Crippen molar-refractivity contribution in [2.75, 3.05) is 13.2 Å². The Morgan fingerprint density at radius 1 is 0.288 bits per heavy atom. The van der Waals surface area contributed by atoms with Gasteiger partial charge < -0.3 is 14.2 Å². The van der Waals surface area contributed by atoms with Crippen LogP contribution in [-0.2, 0) is 28.6 Å². The molecule has 0 aromatic carbocycles. The molecule has 0 N–H and O–H groups in total. The first-order chi connectivity index (χ1) is 36.0. The van der Waals surface area contributed by atoms with Gasteiger partial charge >= 0.3 is 17.9 Å². The number of ether oxygens (including phenoxy) is 3. The molecule has 6 heteroatoms. The number of rotatable bonds is 56. The van der Waals surface area contributed by atoms with E-state index in [4.69, 9.17) is 14.2 Å². The molecule has 0 rings (SSSR count). The van der Waals surface area contributed by atoms with Gasteiger partial charge in [-0.05, 0) is 83.5 Å². The van der Waals surface area contributed by atoms with Crippen molar-refractivity contribution in [3.63, 3.8) is 0 Å². The molecule has 0 bridgehead atoms. The van der Waals surface area contributed by atoms with Gasteiger partial charge in [0.15, 0.2) is 6.10 Å². The number of allylic oxidation sites excluding steroid dienone is 14. The molecule has 0 radical (unpaired) electrons. The second kappa shape index (κ2) is 61.1. The fourth-order valence-corrected chi connectivity index (χ4v) is 8.73. The van der Waals surface area contributed by atoms with Gasteiger partial charge in [0.05, 0.1) is 0 Å². The molecule has 0 aliphatic carbocycles. The van der Waals surface area contributed by atoms with Crippen LogP contribution in [0.15, 0.2) is 85.1 Å². The lowest BCUT2D eigenvalue weighted by molar-refractivity contribution is -0.167. The molecule has 0 saturated heterocycles. The molecular formula is C67H116O6. The van der Waals surface area contributed by atoms with Crippen molar-refractivity contribution in [2.24, 2.45) is 0 Å². The van der Waals surface area contributed by atoms with E-state index in [0.717, 1.165) is 103 Å². The highest BCUT2D eigenvalue weighted by atomic mass is 16.6. The molecule has 420 valence electrons. The lowest BCUT2D eigenvalue weighted by atomic mass is 10.0. The predicted molar refractivity (Wildman–Crippen MR) is 316 cm³/mol. The topological polar surface area (TPSA) is 78.9 Å². The Bertz CT molecular complexity index is 1400. The summed E-state index contributed by atoms with van der Waals surface area (Å²) in [5.41, 5.74) is 0. The SMILES string of the molecule is CC/C=C\C/C=C\C/C=C\C/C=C\C/C=C\CCCC(=O)OC(COC(=O)CCCCCCC/C=C\C/C=C\CCCC)COC(=O)CCCCCCCCCCCCCCCCCCCCCCCCCC. The summed E-state index contributed by atoms with van der Waals surface area (Å²) in [5.74, 6) is -0.965. The molecule has 0 aromatic heterocycles. The van der Waals surface area contributed by atoms with Crippen LogP contribution in [0.25, 0.3) is 0 Å². The number of hydrogen-bond donors (Lipinski definition) is 0. The van der Waals surface area contributed by atoms with Crippen molar-refractivity contribution in [1.29, 1.82) is 0 Å². The van der Waals surface area contributed by atoms with Crippen molar-refractivity contribution in [3.05, 3.63) is 85.1 Å². The minimum absolute atomic E-state index is 0.102. The highest BCUT2D eigenvalue weighted by Crippen LogP contribution is 2.17. The Morgan fingerprint density at radius 2 is 0.562 bits per heavy atom. The Balaban J connectivity index is 4.36.